The summed E-state index contributed by atoms with van der Waals surface area (Å²) in [5.74, 6) is -0.982. The maximum atomic E-state index is 10.8. The summed E-state index contributed by atoms with van der Waals surface area (Å²) in [6.45, 7) is 7.28. The lowest BCUT2D eigenvalue weighted by Gasteiger charge is -2.29. The van der Waals surface area contributed by atoms with E-state index < -0.39 is 11.5 Å². The van der Waals surface area contributed by atoms with E-state index in [9.17, 15) is 4.79 Å². The summed E-state index contributed by atoms with van der Waals surface area (Å²) in [5.41, 5.74) is 4.59. The van der Waals surface area contributed by atoms with Gasteiger partial charge in [0, 0.05) is 0 Å². The van der Waals surface area contributed by atoms with Crippen molar-refractivity contribution in [1.29, 1.82) is 0 Å². The molecule has 0 radical (unpaired) electrons. The van der Waals surface area contributed by atoms with Gasteiger partial charge in [-0.1, -0.05) is 26.3 Å². The summed E-state index contributed by atoms with van der Waals surface area (Å²) in [7, 11) is 0. The number of carboxylic acids is 1. The van der Waals surface area contributed by atoms with Crippen LogP contribution in [0.2, 0.25) is 0 Å². The number of nitrogens with two attached hydrogens (primary N) is 1. The molecule has 0 rings (SSSR count). The Bertz CT molecular complexity index is 179. The molecule has 70 valence electrons. The molecule has 3 heteroatoms. The van der Waals surface area contributed by atoms with Crippen LogP contribution in [-0.2, 0) is 4.79 Å². The Hall–Kier alpha value is -0.830. The van der Waals surface area contributed by atoms with Crippen molar-refractivity contribution in [1.82, 2.24) is 0 Å². The van der Waals surface area contributed by atoms with Crippen molar-refractivity contribution in [3.05, 3.63) is 12.7 Å². The van der Waals surface area contributed by atoms with Gasteiger partial charge in [-0.25, -0.2) is 0 Å². The van der Waals surface area contributed by atoms with Gasteiger partial charge >= 0.3 is 5.97 Å². The number of aliphatic carboxylic acids is 1. The van der Waals surface area contributed by atoms with E-state index >= 15 is 0 Å². The van der Waals surface area contributed by atoms with Gasteiger partial charge in [0.15, 0.2) is 0 Å². The Kier molecular flexibility index (Phi) is 3.96. The molecule has 0 aliphatic heterocycles. The molecule has 0 aromatic rings. The number of hydrogen-bond acceptors (Lipinski definition) is 2. The standard InChI is InChI=1S/C9H17NO2/c1-4-6-9(10,8(11)12)7(3)5-2/h4,7H,1,5-6,10H2,2-3H3,(H,11,12)/t7?,9-/m0/s1. The van der Waals surface area contributed by atoms with Crippen molar-refractivity contribution in [2.75, 3.05) is 0 Å². The molecular weight excluding hydrogens is 154 g/mol. The smallest absolute Gasteiger partial charge is 0.324 e. The second kappa shape index (κ2) is 4.26. The Balaban J connectivity index is 4.59. The average molecular weight is 171 g/mol. The van der Waals surface area contributed by atoms with E-state index in [-0.39, 0.29) is 5.92 Å². The molecule has 3 N–H and O–H groups in total. The van der Waals surface area contributed by atoms with E-state index in [1.807, 2.05) is 13.8 Å². The summed E-state index contributed by atoms with van der Waals surface area (Å²) in [6, 6.07) is 0. The van der Waals surface area contributed by atoms with Gasteiger partial charge in [-0.3, -0.25) is 4.79 Å². The van der Waals surface area contributed by atoms with Crippen LogP contribution < -0.4 is 5.73 Å². The Morgan fingerprint density at radius 2 is 2.33 bits per heavy atom. The maximum Gasteiger partial charge on any atom is 0.324 e. The second-order valence-electron chi connectivity index (χ2n) is 3.15. The van der Waals surface area contributed by atoms with Crippen molar-refractivity contribution in [3.63, 3.8) is 0 Å². The van der Waals surface area contributed by atoms with Crippen molar-refractivity contribution in [2.24, 2.45) is 11.7 Å². The molecule has 0 amide bonds. The third-order valence-corrected chi connectivity index (χ3v) is 2.37. The quantitative estimate of drug-likeness (QED) is 0.614. The molecule has 0 aromatic heterocycles. The third kappa shape index (κ3) is 2.08. The third-order valence-electron chi connectivity index (χ3n) is 2.37. The zero-order valence-corrected chi connectivity index (χ0v) is 7.71. The van der Waals surface area contributed by atoms with Gasteiger partial charge in [-0.05, 0) is 12.3 Å². The maximum absolute atomic E-state index is 10.8. The van der Waals surface area contributed by atoms with E-state index in [1.165, 1.54) is 0 Å². The van der Waals surface area contributed by atoms with E-state index in [4.69, 9.17) is 10.8 Å². The summed E-state index contributed by atoms with van der Waals surface area (Å²) >= 11 is 0. The Morgan fingerprint density at radius 1 is 1.83 bits per heavy atom. The van der Waals surface area contributed by atoms with E-state index in [1.54, 1.807) is 6.08 Å². The van der Waals surface area contributed by atoms with E-state index in [0.717, 1.165) is 6.42 Å². The highest BCUT2D eigenvalue weighted by atomic mass is 16.4. The fourth-order valence-corrected chi connectivity index (χ4v) is 1.10. The minimum absolute atomic E-state index is 0.0343. The van der Waals surface area contributed by atoms with Gasteiger partial charge in [0.2, 0.25) is 0 Å². The van der Waals surface area contributed by atoms with Crippen LogP contribution in [0.25, 0.3) is 0 Å². The lowest BCUT2D eigenvalue weighted by Crippen LogP contribution is -2.52. The predicted octanol–water partition coefficient (Wildman–Crippen LogP) is 1.39. The predicted molar refractivity (Wildman–Crippen MR) is 48.8 cm³/mol. The van der Waals surface area contributed by atoms with Crippen LogP contribution in [0.1, 0.15) is 26.7 Å². The molecule has 0 aromatic carbocycles. The van der Waals surface area contributed by atoms with Gasteiger partial charge in [0.25, 0.3) is 0 Å². The first-order valence-electron chi connectivity index (χ1n) is 4.12. The van der Waals surface area contributed by atoms with Gasteiger partial charge < -0.3 is 10.8 Å². The highest BCUT2D eigenvalue weighted by Crippen LogP contribution is 2.22. The summed E-state index contributed by atoms with van der Waals surface area (Å²) in [6.07, 6.45) is 2.63. The van der Waals surface area contributed by atoms with Crippen LogP contribution in [0, 0.1) is 5.92 Å². The Morgan fingerprint density at radius 3 is 2.58 bits per heavy atom. The van der Waals surface area contributed by atoms with Crippen LogP contribution in [-0.4, -0.2) is 16.6 Å². The summed E-state index contributed by atoms with van der Waals surface area (Å²) < 4.78 is 0. The molecule has 0 heterocycles. The first kappa shape index (κ1) is 11.2. The molecule has 0 bridgehead atoms. The number of carboxylic acid groups (broad SMARTS) is 1. The van der Waals surface area contributed by atoms with Gasteiger partial charge in [0.05, 0.1) is 0 Å². The molecule has 3 nitrogen and oxygen atoms in total. The number of hydrogen-bond donors (Lipinski definition) is 2. The summed E-state index contributed by atoms with van der Waals surface area (Å²) in [4.78, 5) is 10.8. The van der Waals surface area contributed by atoms with Crippen molar-refractivity contribution in [2.45, 2.75) is 32.2 Å². The van der Waals surface area contributed by atoms with E-state index in [2.05, 4.69) is 6.58 Å². The molecule has 0 saturated heterocycles. The largest absolute Gasteiger partial charge is 0.480 e. The SMILES string of the molecule is C=CC[C@@](N)(C(=O)O)C(C)CC. The monoisotopic (exact) mass is 171 g/mol. The zero-order chi connectivity index (χ0) is 9.78. The topological polar surface area (TPSA) is 63.3 Å². The minimum Gasteiger partial charge on any atom is -0.480 e. The van der Waals surface area contributed by atoms with Crippen LogP contribution >= 0.6 is 0 Å². The number of rotatable bonds is 5. The molecule has 12 heavy (non-hydrogen) atoms. The van der Waals surface area contributed by atoms with Gasteiger partial charge in [0.1, 0.15) is 5.54 Å². The zero-order valence-electron chi connectivity index (χ0n) is 7.71. The lowest BCUT2D eigenvalue weighted by molar-refractivity contribution is -0.145. The first-order valence-corrected chi connectivity index (χ1v) is 4.12. The van der Waals surface area contributed by atoms with Crippen LogP contribution in [0.5, 0.6) is 0 Å². The minimum atomic E-state index is -1.14. The first-order chi connectivity index (χ1) is 5.49. The Labute approximate surface area is 73.3 Å². The number of carbonyl (C=O) groups is 1. The second-order valence-corrected chi connectivity index (χ2v) is 3.15. The molecular formula is C9H17NO2. The van der Waals surface area contributed by atoms with Crippen molar-refractivity contribution < 1.29 is 9.90 Å². The van der Waals surface area contributed by atoms with Crippen LogP contribution in [0.4, 0.5) is 0 Å². The molecule has 0 saturated carbocycles. The van der Waals surface area contributed by atoms with E-state index in [0.29, 0.717) is 6.42 Å². The van der Waals surface area contributed by atoms with Gasteiger partial charge in [-0.2, -0.15) is 0 Å². The lowest BCUT2D eigenvalue weighted by atomic mass is 9.81. The van der Waals surface area contributed by atoms with Crippen molar-refractivity contribution in [3.8, 4) is 0 Å². The normalized spacial score (nSPS) is 17.9. The molecule has 0 aliphatic carbocycles. The van der Waals surface area contributed by atoms with Crippen LogP contribution in [0.3, 0.4) is 0 Å². The summed E-state index contributed by atoms with van der Waals surface area (Å²) in [5, 5.41) is 8.89. The molecule has 1 unspecified atom stereocenters. The molecule has 0 spiro atoms. The average Bonchev–Trinajstić information content (AvgIpc) is 2.03. The highest BCUT2D eigenvalue weighted by Gasteiger charge is 2.37. The fourth-order valence-electron chi connectivity index (χ4n) is 1.10. The highest BCUT2D eigenvalue weighted by molar-refractivity contribution is 5.79. The molecule has 0 fully saturated rings. The van der Waals surface area contributed by atoms with Crippen molar-refractivity contribution >= 4 is 5.97 Å². The van der Waals surface area contributed by atoms with Gasteiger partial charge in [-0.15, -0.1) is 6.58 Å². The van der Waals surface area contributed by atoms with Crippen LogP contribution in [0.15, 0.2) is 12.7 Å². The molecule has 2 atom stereocenters. The fraction of sp³-hybridized carbons (Fsp3) is 0.667. The molecule has 0 aliphatic rings.